The van der Waals surface area contributed by atoms with Crippen LogP contribution in [0.4, 0.5) is 0 Å². The van der Waals surface area contributed by atoms with Crippen LogP contribution in [0.25, 0.3) is 0 Å². The number of pyridine rings is 1. The highest BCUT2D eigenvalue weighted by molar-refractivity contribution is 5.23. The number of nitrogens with zero attached hydrogens (tertiary/aromatic N) is 1. The van der Waals surface area contributed by atoms with Crippen LogP contribution in [0.2, 0.25) is 0 Å². The average Bonchev–Trinajstić information content (AvgIpc) is 2.28. The summed E-state index contributed by atoms with van der Waals surface area (Å²) in [5.41, 5.74) is 3.41. The van der Waals surface area contributed by atoms with Crippen LogP contribution in [0, 0.1) is 13.8 Å². The van der Waals surface area contributed by atoms with Crippen LogP contribution in [0.15, 0.2) is 12.1 Å². The van der Waals surface area contributed by atoms with Crippen molar-refractivity contribution < 1.29 is 4.74 Å². The highest BCUT2D eigenvalue weighted by Crippen LogP contribution is 2.15. The first kappa shape index (κ1) is 14.1. The van der Waals surface area contributed by atoms with Crippen LogP contribution < -0.4 is 5.32 Å². The van der Waals surface area contributed by atoms with E-state index in [4.69, 9.17) is 4.74 Å². The Morgan fingerprint density at radius 2 is 1.88 bits per heavy atom. The van der Waals surface area contributed by atoms with Crippen molar-refractivity contribution in [2.45, 2.75) is 40.2 Å². The molecular formula is C14H24N2O. The monoisotopic (exact) mass is 236 g/mol. The van der Waals surface area contributed by atoms with E-state index in [1.165, 1.54) is 5.56 Å². The summed E-state index contributed by atoms with van der Waals surface area (Å²) in [5.74, 6) is 0. The molecule has 1 rings (SSSR count). The molecule has 3 nitrogen and oxygen atoms in total. The van der Waals surface area contributed by atoms with Gasteiger partial charge in [0.2, 0.25) is 0 Å². The van der Waals surface area contributed by atoms with E-state index in [1.54, 1.807) is 0 Å². The maximum absolute atomic E-state index is 5.54. The van der Waals surface area contributed by atoms with Crippen LogP contribution >= 0.6 is 0 Å². The first-order valence-corrected chi connectivity index (χ1v) is 6.43. The number of rotatable bonds is 7. The lowest BCUT2D eigenvalue weighted by molar-refractivity contribution is 0.123. The van der Waals surface area contributed by atoms with E-state index in [0.29, 0.717) is 0 Å². The zero-order valence-corrected chi connectivity index (χ0v) is 11.4. The topological polar surface area (TPSA) is 34.1 Å². The summed E-state index contributed by atoms with van der Waals surface area (Å²) in [6.45, 7) is 10.8. The fraction of sp³-hybridized carbons (Fsp3) is 0.643. The maximum Gasteiger partial charge on any atom is 0.0661 e. The normalized spacial score (nSPS) is 12.7. The van der Waals surface area contributed by atoms with Gasteiger partial charge in [-0.25, -0.2) is 0 Å². The second-order valence-electron chi connectivity index (χ2n) is 4.35. The predicted molar refractivity (Wildman–Crippen MR) is 71.2 cm³/mol. The van der Waals surface area contributed by atoms with Crippen molar-refractivity contribution in [1.29, 1.82) is 0 Å². The molecule has 1 heterocycles. The lowest BCUT2D eigenvalue weighted by Crippen LogP contribution is -2.26. The van der Waals surface area contributed by atoms with Crippen LogP contribution in [0.5, 0.6) is 0 Å². The van der Waals surface area contributed by atoms with Gasteiger partial charge in [-0.15, -0.1) is 0 Å². The first-order valence-electron chi connectivity index (χ1n) is 6.43. The second-order valence-corrected chi connectivity index (χ2v) is 4.35. The van der Waals surface area contributed by atoms with Crippen molar-refractivity contribution in [2.75, 3.05) is 19.8 Å². The molecule has 1 aromatic rings. The van der Waals surface area contributed by atoms with E-state index in [2.05, 4.69) is 29.4 Å². The Balaban J connectivity index is 2.78. The maximum atomic E-state index is 5.54. The summed E-state index contributed by atoms with van der Waals surface area (Å²) in [7, 11) is 0. The molecule has 0 bridgehead atoms. The molecule has 0 radical (unpaired) electrons. The molecule has 0 aromatic carbocycles. The zero-order valence-electron chi connectivity index (χ0n) is 11.4. The number of ether oxygens (including phenoxy) is 1. The van der Waals surface area contributed by atoms with Crippen molar-refractivity contribution in [3.63, 3.8) is 0 Å². The standard InChI is InChI=1S/C14H24N2O/c1-5-7-15-14(10-17-6-2)13-8-11(3)16-12(4)9-13/h8-9,14-15H,5-7,10H2,1-4H3. The Kier molecular flexibility index (Phi) is 6.16. The summed E-state index contributed by atoms with van der Waals surface area (Å²) >= 11 is 0. The van der Waals surface area contributed by atoms with Gasteiger partial charge in [0.1, 0.15) is 0 Å². The van der Waals surface area contributed by atoms with Crippen LogP contribution in [-0.4, -0.2) is 24.7 Å². The Morgan fingerprint density at radius 1 is 1.24 bits per heavy atom. The summed E-state index contributed by atoms with van der Waals surface area (Å²) in [5, 5.41) is 3.52. The van der Waals surface area contributed by atoms with Gasteiger partial charge in [0.25, 0.3) is 0 Å². The Bertz CT molecular complexity index is 311. The zero-order chi connectivity index (χ0) is 12.7. The van der Waals surface area contributed by atoms with Crippen molar-refractivity contribution in [3.8, 4) is 0 Å². The summed E-state index contributed by atoms with van der Waals surface area (Å²) in [6, 6.07) is 4.55. The lowest BCUT2D eigenvalue weighted by Gasteiger charge is -2.19. The third-order valence-corrected chi connectivity index (χ3v) is 2.64. The van der Waals surface area contributed by atoms with Crippen molar-refractivity contribution >= 4 is 0 Å². The predicted octanol–water partition coefficient (Wildman–Crippen LogP) is 2.78. The molecule has 0 aliphatic heterocycles. The lowest BCUT2D eigenvalue weighted by atomic mass is 10.1. The SMILES string of the molecule is CCCNC(COCC)c1cc(C)nc(C)c1. The molecule has 96 valence electrons. The van der Waals surface area contributed by atoms with Gasteiger partial charge in [0.05, 0.1) is 12.6 Å². The van der Waals surface area contributed by atoms with Gasteiger partial charge in [-0.2, -0.15) is 0 Å². The molecular weight excluding hydrogens is 212 g/mol. The minimum Gasteiger partial charge on any atom is -0.380 e. The van der Waals surface area contributed by atoms with Gasteiger partial charge in [-0.05, 0) is 51.4 Å². The Morgan fingerprint density at radius 3 is 2.41 bits per heavy atom. The molecule has 1 aromatic heterocycles. The van der Waals surface area contributed by atoms with Gasteiger partial charge in [-0.1, -0.05) is 6.92 Å². The first-order chi connectivity index (χ1) is 8.17. The van der Waals surface area contributed by atoms with E-state index in [0.717, 1.165) is 37.6 Å². The van der Waals surface area contributed by atoms with Gasteiger partial charge in [0.15, 0.2) is 0 Å². The second kappa shape index (κ2) is 7.41. The van der Waals surface area contributed by atoms with Crippen LogP contribution in [-0.2, 0) is 4.74 Å². The minimum atomic E-state index is 0.273. The third-order valence-electron chi connectivity index (χ3n) is 2.64. The fourth-order valence-corrected chi connectivity index (χ4v) is 1.90. The van der Waals surface area contributed by atoms with E-state index in [9.17, 15) is 0 Å². The summed E-state index contributed by atoms with van der Waals surface area (Å²) in [4.78, 5) is 4.41. The average molecular weight is 236 g/mol. The number of hydrogen-bond donors (Lipinski definition) is 1. The molecule has 17 heavy (non-hydrogen) atoms. The van der Waals surface area contributed by atoms with Gasteiger partial charge >= 0.3 is 0 Å². The van der Waals surface area contributed by atoms with Crippen molar-refractivity contribution in [3.05, 3.63) is 29.1 Å². The molecule has 0 saturated heterocycles. The Labute approximate surface area is 105 Å². The van der Waals surface area contributed by atoms with Crippen molar-refractivity contribution in [1.82, 2.24) is 10.3 Å². The van der Waals surface area contributed by atoms with Crippen molar-refractivity contribution in [2.24, 2.45) is 0 Å². The summed E-state index contributed by atoms with van der Waals surface area (Å²) in [6.07, 6.45) is 1.13. The molecule has 0 aliphatic rings. The minimum absolute atomic E-state index is 0.273. The Hall–Kier alpha value is -0.930. The number of nitrogens with one attached hydrogen (secondary N) is 1. The molecule has 0 aliphatic carbocycles. The molecule has 0 spiro atoms. The van der Waals surface area contributed by atoms with Crippen LogP contribution in [0.1, 0.15) is 43.3 Å². The smallest absolute Gasteiger partial charge is 0.0661 e. The largest absolute Gasteiger partial charge is 0.380 e. The van der Waals surface area contributed by atoms with E-state index < -0.39 is 0 Å². The van der Waals surface area contributed by atoms with Gasteiger partial charge in [0, 0.05) is 18.0 Å². The number of aromatic nitrogens is 1. The summed E-state index contributed by atoms with van der Waals surface area (Å²) < 4.78 is 5.54. The van der Waals surface area contributed by atoms with E-state index in [1.807, 2.05) is 20.8 Å². The van der Waals surface area contributed by atoms with E-state index >= 15 is 0 Å². The molecule has 1 atom stereocenters. The van der Waals surface area contributed by atoms with Gasteiger partial charge in [-0.3, -0.25) is 4.98 Å². The van der Waals surface area contributed by atoms with Gasteiger partial charge < -0.3 is 10.1 Å². The third kappa shape index (κ3) is 4.84. The highest BCUT2D eigenvalue weighted by Gasteiger charge is 2.11. The van der Waals surface area contributed by atoms with E-state index in [-0.39, 0.29) is 6.04 Å². The molecule has 1 N–H and O–H groups in total. The molecule has 0 amide bonds. The number of aryl methyl sites for hydroxylation is 2. The molecule has 3 heteroatoms. The number of hydrogen-bond acceptors (Lipinski definition) is 3. The highest BCUT2D eigenvalue weighted by atomic mass is 16.5. The quantitative estimate of drug-likeness (QED) is 0.790. The fourth-order valence-electron chi connectivity index (χ4n) is 1.90. The molecule has 0 fully saturated rings. The molecule has 1 unspecified atom stereocenters. The molecule has 0 saturated carbocycles. The van der Waals surface area contributed by atoms with Crippen LogP contribution in [0.3, 0.4) is 0 Å².